The van der Waals surface area contributed by atoms with Crippen molar-refractivity contribution in [2.45, 2.75) is 57.2 Å². The largest absolute Gasteiger partial charge is 0.478 e. The zero-order valence-corrected chi connectivity index (χ0v) is 24.2. The molecule has 0 saturated carbocycles. The topological polar surface area (TPSA) is 85.4 Å². The molecule has 0 bridgehead atoms. The molecule has 216 valence electrons. The number of carbonyl (C=O) groups is 1. The van der Waals surface area contributed by atoms with Crippen LogP contribution in [0.2, 0.25) is 0 Å². The summed E-state index contributed by atoms with van der Waals surface area (Å²) in [7, 11) is 2.12. The number of pyridine rings is 1. The zero-order valence-electron chi connectivity index (χ0n) is 24.2. The van der Waals surface area contributed by atoms with Gasteiger partial charge in [0.2, 0.25) is 0 Å². The summed E-state index contributed by atoms with van der Waals surface area (Å²) in [6.45, 7) is 5.09. The summed E-state index contributed by atoms with van der Waals surface area (Å²) >= 11 is 0. The fourth-order valence-corrected chi connectivity index (χ4v) is 6.96. The Morgan fingerprint density at radius 2 is 1.83 bits per heavy atom. The number of carboxylic acids is 1. The van der Waals surface area contributed by atoms with E-state index in [-0.39, 0.29) is 12.3 Å². The third-order valence-corrected chi connectivity index (χ3v) is 9.44. The summed E-state index contributed by atoms with van der Waals surface area (Å²) in [6.07, 6.45) is 9.32. The maximum absolute atomic E-state index is 11.2. The molecule has 2 aliphatic rings. The molecule has 5 aromatic rings. The SMILES string of the molecule is C[C@H](c1cc2c(-c3ccc4c(cnn4C4CCCCO4)c3)ccnc2n1C)N1CCC(c2ccc(C(=O)O)cc2)CC1. The first-order valence-electron chi connectivity index (χ1n) is 15.1. The first-order valence-corrected chi connectivity index (χ1v) is 15.1. The molecular weight excluding hydrogens is 526 g/mol. The van der Waals surface area contributed by atoms with Crippen molar-refractivity contribution in [2.24, 2.45) is 7.05 Å². The highest BCUT2D eigenvalue weighted by atomic mass is 16.5. The highest BCUT2D eigenvalue weighted by molar-refractivity contribution is 5.96. The van der Waals surface area contributed by atoms with E-state index in [2.05, 4.69) is 53.8 Å². The molecule has 2 atom stereocenters. The number of benzene rings is 2. The van der Waals surface area contributed by atoms with Gasteiger partial charge in [-0.15, -0.1) is 0 Å². The molecule has 2 saturated heterocycles. The molecule has 1 N–H and O–H groups in total. The summed E-state index contributed by atoms with van der Waals surface area (Å²) in [5.41, 5.74) is 7.29. The summed E-state index contributed by atoms with van der Waals surface area (Å²) in [5.74, 6) is -0.416. The van der Waals surface area contributed by atoms with Gasteiger partial charge in [0.25, 0.3) is 0 Å². The summed E-state index contributed by atoms with van der Waals surface area (Å²) in [6, 6.07) is 18.7. The van der Waals surface area contributed by atoms with Crippen LogP contribution in [-0.2, 0) is 11.8 Å². The van der Waals surface area contributed by atoms with E-state index < -0.39 is 5.97 Å². The molecule has 0 amide bonds. The van der Waals surface area contributed by atoms with Crippen molar-refractivity contribution in [3.05, 3.63) is 83.8 Å². The molecule has 0 aliphatic carbocycles. The molecule has 1 unspecified atom stereocenters. The Morgan fingerprint density at radius 1 is 1.02 bits per heavy atom. The number of nitrogens with zero attached hydrogens (tertiary/aromatic N) is 5. The average Bonchev–Trinajstić information content (AvgIpc) is 3.62. The Labute approximate surface area is 245 Å². The van der Waals surface area contributed by atoms with E-state index in [0.29, 0.717) is 11.5 Å². The fraction of sp³-hybridized carbons (Fsp3) is 0.382. The van der Waals surface area contributed by atoms with Crippen LogP contribution in [-0.4, -0.2) is 55.0 Å². The minimum Gasteiger partial charge on any atom is -0.478 e. The van der Waals surface area contributed by atoms with Gasteiger partial charge in [0.15, 0.2) is 6.23 Å². The third-order valence-electron chi connectivity index (χ3n) is 9.44. The van der Waals surface area contributed by atoms with Gasteiger partial charge in [0.05, 0.1) is 17.3 Å². The van der Waals surface area contributed by atoms with Crippen LogP contribution >= 0.6 is 0 Å². The van der Waals surface area contributed by atoms with Crippen LogP contribution in [0, 0.1) is 0 Å². The number of aromatic nitrogens is 4. The van der Waals surface area contributed by atoms with E-state index in [1.54, 1.807) is 12.1 Å². The molecular formula is C34H37N5O3. The number of ether oxygens (including phenoxy) is 1. The number of piperidine rings is 1. The van der Waals surface area contributed by atoms with Crippen LogP contribution in [0.4, 0.5) is 0 Å². The van der Waals surface area contributed by atoms with Crippen LogP contribution in [0.5, 0.6) is 0 Å². The number of aromatic carboxylic acids is 1. The second-order valence-electron chi connectivity index (χ2n) is 11.8. The van der Waals surface area contributed by atoms with Gasteiger partial charge in [0.1, 0.15) is 5.65 Å². The monoisotopic (exact) mass is 563 g/mol. The average molecular weight is 564 g/mol. The van der Waals surface area contributed by atoms with Crippen molar-refractivity contribution >= 4 is 27.9 Å². The van der Waals surface area contributed by atoms with Crippen LogP contribution in [0.1, 0.15) is 78.8 Å². The molecule has 7 rings (SSSR count). The highest BCUT2D eigenvalue weighted by Gasteiger charge is 2.27. The molecule has 3 aromatic heterocycles. The second kappa shape index (κ2) is 11.0. The molecule has 5 heterocycles. The zero-order chi connectivity index (χ0) is 28.8. The summed E-state index contributed by atoms with van der Waals surface area (Å²) in [4.78, 5) is 18.6. The summed E-state index contributed by atoms with van der Waals surface area (Å²) < 4.78 is 10.3. The van der Waals surface area contributed by atoms with Crippen molar-refractivity contribution < 1.29 is 14.6 Å². The van der Waals surface area contributed by atoms with Crippen LogP contribution in [0.15, 0.2) is 67.0 Å². The maximum atomic E-state index is 11.2. The molecule has 0 spiro atoms. The lowest BCUT2D eigenvalue weighted by molar-refractivity contribution is -0.0366. The normalized spacial score (nSPS) is 19.4. The van der Waals surface area contributed by atoms with Gasteiger partial charge in [-0.3, -0.25) is 4.90 Å². The van der Waals surface area contributed by atoms with Crippen molar-refractivity contribution in [2.75, 3.05) is 19.7 Å². The van der Waals surface area contributed by atoms with Gasteiger partial charge in [-0.1, -0.05) is 18.2 Å². The first kappa shape index (κ1) is 26.9. The van der Waals surface area contributed by atoms with Gasteiger partial charge >= 0.3 is 5.97 Å². The van der Waals surface area contributed by atoms with Crippen LogP contribution in [0.25, 0.3) is 33.1 Å². The lowest BCUT2D eigenvalue weighted by Gasteiger charge is -2.36. The van der Waals surface area contributed by atoms with E-state index >= 15 is 0 Å². The maximum Gasteiger partial charge on any atom is 0.335 e. The Morgan fingerprint density at radius 3 is 2.57 bits per heavy atom. The van der Waals surface area contributed by atoms with Crippen molar-refractivity contribution in [3.63, 3.8) is 0 Å². The standard InChI is InChI=1S/C34H37N5O3/c1-22(38-16-13-24(14-17-38)23-6-8-25(9-7-23)34(40)41)31-20-29-28(12-15-35-33(29)37(31)2)26-10-11-30-27(19-26)21-36-39(30)32-5-3-4-18-42-32/h6-12,15,19-22,24,32H,3-5,13-14,16-18H2,1-2H3,(H,40,41)/t22-,32?/m1/s1. The fourth-order valence-electron chi connectivity index (χ4n) is 6.96. The van der Waals surface area contributed by atoms with E-state index in [1.807, 2.05) is 29.2 Å². The van der Waals surface area contributed by atoms with E-state index in [4.69, 9.17) is 14.8 Å². The number of aryl methyl sites for hydroxylation is 1. The van der Waals surface area contributed by atoms with Gasteiger partial charge in [0, 0.05) is 42.4 Å². The van der Waals surface area contributed by atoms with Crippen LogP contribution < -0.4 is 0 Å². The van der Waals surface area contributed by atoms with Crippen LogP contribution in [0.3, 0.4) is 0 Å². The lowest BCUT2D eigenvalue weighted by Crippen LogP contribution is -2.35. The minimum absolute atomic E-state index is 0.0236. The predicted octanol–water partition coefficient (Wildman–Crippen LogP) is 6.93. The molecule has 2 fully saturated rings. The smallest absolute Gasteiger partial charge is 0.335 e. The van der Waals surface area contributed by atoms with Crippen molar-refractivity contribution in [1.82, 2.24) is 24.2 Å². The number of hydrogen-bond donors (Lipinski definition) is 1. The van der Waals surface area contributed by atoms with E-state index in [0.717, 1.165) is 67.3 Å². The van der Waals surface area contributed by atoms with Gasteiger partial charge < -0.3 is 14.4 Å². The molecule has 8 nitrogen and oxygen atoms in total. The van der Waals surface area contributed by atoms with Gasteiger partial charge in [-0.05, 0) is 111 Å². The Bertz CT molecular complexity index is 1740. The highest BCUT2D eigenvalue weighted by Crippen LogP contribution is 2.37. The third kappa shape index (κ3) is 4.78. The van der Waals surface area contributed by atoms with E-state index in [1.165, 1.54) is 28.8 Å². The minimum atomic E-state index is -0.876. The molecule has 2 aromatic carbocycles. The number of fused-ring (bicyclic) bond motifs is 2. The van der Waals surface area contributed by atoms with Gasteiger partial charge in [-0.2, -0.15) is 5.10 Å². The van der Waals surface area contributed by atoms with Crippen molar-refractivity contribution in [3.8, 4) is 11.1 Å². The lowest BCUT2D eigenvalue weighted by atomic mass is 9.88. The van der Waals surface area contributed by atoms with Crippen molar-refractivity contribution in [1.29, 1.82) is 0 Å². The molecule has 0 radical (unpaired) electrons. The first-order chi connectivity index (χ1) is 20.5. The number of likely N-dealkylation sites (tertiary alicyclic amines) is 1. The Hall–Kier alpha value is -4.01. The Kier molecular flexibility index (Phi) is 7.04. The number of hydrogen-bond acceptors (Lipinski definition) is 5. The van der Waals surface area contributed by atoms with E-state index in [9.17, 15) is 9.90 Å². The number of carboxylic acid groups (broad SMARTS) is 1. The summed E-state index contributed by atoms with van der Waals surface area (Å²) in [5, 5.41) is 16.2. The second-order valence-corrected chi connectivity index (χ2v) is 11.8. The van der Waals surface area contributed by atoms with Gasteiger partial charge in [-0.25, -0.2) is 14.5 Å². The predicted molar refractivity (Wildman–Crippen MR) is 164 cm³/mol. The molecule has 42 heavy (non-hydrogen) atoms. The molecule has 2 aliphatic heterocycles. The molecule has 8 heteroatoms. The Balaban J connectivity index is 1.12. The number of rotatable bonds is 6. The quantitative estimate of drug-likeness (QED) is 0.241.